The Labute approximate surface area is 220 Å². The van der Waals surface area contributed by atoms with Crippen molar-refractivity contribution in [3.63, 3.8) is 0 Å². The predicted molar refractivity (Wildman–Crippen MR) is 143 cm³/mol. The number of hydrogen-bond acceptors (Lipinski definition) is 6. The number of halogens is 3. The zero-order valence-electron chi connectivity index (χ0n) is 19.5. The van der Waals surface area contributed by atoms with E-state index in [2.05, 4.69) is 16.5 Å². The summed E-state index contributed by atoms with van der Waals surface area (Å²) in [5.74, 6) is 0.304. The monoisotopic (exact) mass is 548 g/mol. The van der Waals surface area contributed by atoms with Gasteiger partial charge in [-0.3, -0.25) is 9.36 Å². The third kappa shape index (κ3) is 4.29. The standard InChI is InChI=1S/C25H23ClF2N4O2S2/c1-3-20(33)30-6-7-31(15(12-30)13-35-2)24-17-11-18(26)21(16-5-4-14(27)10-19(16)28)23-22(17)32(8-9-36-23)25(34)29-24/h3-5,10-11,15H,1,6-9,12-13H2,2H3/t15-/m0/s1. The molecule has 0 bridgehead atoms. The van der Waals surface area contributed by atoms with Crippen molar-refractivity contribution in [3.05, 3.63) is 64.1 Å². The highest BCUT2D eigenvalue weighted by Gasteiger charge is 2.33. The summed E-state index contributed by atoms with van der Waals surface area (Å²) >= 11 is 9.91. The lowest BCUT2D eigenvalue weighted by Gasteiger charge is -2.42. The van der Waals surface area contributed by atoms with Crippen LogP contribution in [-0.2, 0) is 11.3 Å². The highest BCUT2D eigenvalue weighted by molar-refractivity contribution is 7.99. The average Bonchev–Trinajstić information content (AvgIpc) is 2.86. The predicted octanol–water partition coefficient (Wildman–Crippen LogP) is 4.67. The molecule has 5 rings (SSSR count). The normalized spacial score (nSPS) is 17.5. The highest BCUT2D eigenvalue weighted by atomic mass is 35.5. The lowest BCUT2D eigenvalue weighted by Crippen LogP contribution is -2.56. The van der Waals surface area contributed by atoms with Crippen LogP contribution in [-0.4, -0.2) is 63.8 Å². The Kier molecular flexibility index (Phi) is 7.02. The molecule has 2 aliphatic heterocycles. The molecular weight excluding hydrogens is 526 g/mol. The Morgan fingerprint density at radius 2 is 2.11 bits per heavy atom. The van der Waals surface area contributed by atoms with E-state index in [-0.39, 0.29) is 23.2 Å². The van der Waals surface area contributed by atoms with Gasteiger partial charge >= 0.3 is 5.69 Å². The average molecular weight is 549 g/mol. The quantitative estimate of drug-likeness (QED) is 0.432. The number of nitrogens with zero attached hydrogens (tertiary/aromatic N) is 4. The summed E-state index contributed by atoms with van der Waals surface area (Å²) in [7, 11) is 0. The van der Waals surface area contributed by atoms with Crippen LogP contribution in [0, 0.1) is 11.6 Å². The van der Waals surface area contributed by atoms with Crippen LogP contribution in [0.2, 0.25) is 5.02 Å². The van der Waals surface area contributed by atoms with Crippen LogP contribution in [0.4, 0.5) is 14.6 Å². The van der Waals surface area contributed by atoms with Gasteiger partial charge in [-0.25, -0.2) is 13.6 Å². The van der Waals surface area contributed by atoms with E-state index in [0.29, 0.717) is 64.1 Å². The Hall–Kier alpha value is -2.56. The highest BCUT2D eigenvalue weighted by Crippen LogP contribution is 2.46. The zero-order valence-corrected chi connectivity index (χ0v) is 21.9. The van der Waals surface area contributed by atoms with Crippen LogP contribution >= 0.6 is 35.1 Å². The minimum atomic E-state index is -0.718. The number of rotatable bonds is 5. The van der Waals surface area contributed by atoms with Crippen LogP contribution in [0.3, 0.4) is 0 Å². The first-order chi connectivity index (χ1) is 17.3. The summed E-state index contributed by atoms with van der Waals surface area (Å²) in [5.41, 5.74) is 0.886. The fraction of sp³-hybridized carbons (Fsp3) is 0.320. The second-order valence-corrected chi connectivity index (χ2v) is 11.0. The molecule has 188 valence electrons. The molecule has 1 aromatic heterocycles. The SMILES string of the molecule is C=CC(=O)N1CCN(c2nc(=O)n3c4c(c(-c5ccc(F)cc5F)c(Cl)cc24)SCC3)[C@H](CSC)C1. The molecule has 1 saturated heterocycles. The summed E-state index contributed by atoms with van der Waals surface area (Å²) in [6.07, 6.45) is 3.30. The van der Waals surface area contributed by atoms with Crippen LogP contribution in [0.5, 0.6) is 0 Å². The molecule has 2 aromatic carbocycles. The lowest BCUT2D eigenvalue weighted by atomic mass is 10.0. The molecule has 0 unspecified atom stereocenters. The molecule has 6 nitrogen and oxygen atoms in total. The van der Waals surface area contributed by atoms with Gasteiger partial charge < -0.3 is 9.80 Å². The number of anilines is 1. The third-order valence-corrected chi connectivity index (χ3v) is 8.60. The summed E-state index contributed by atoms with van der Waals surface area (Å²) in [6, 6.07) is 5.05. The number of carbonyl (C=O) groups is 1. The summed E-state index contributed by atoms with van der Waals surface area (Å²) in [5, 5.41) is 0.996. The molecular formula is C25H23ClF2N4O2S2. The van der Waals surface area contributed by atoms with Gasteiger partial charge in [0.1, 0.15) is 17.5 Å². The Balaban J connectivity index is 1.71. The van der Waals surface area contributed by atoms with Crippen molar-refractivity contribution in [2.24, 2.45) is 0 Å². The van der Waals surface area contributed by atoms with Gasteiger partial charge in [-0.15, -0.1) is 11.8 Å². The van der Waals surface area contributed by atoms with Gasteiger partial charge in [0.05, 0.1) is 16.6 Å². The Bertz CT molecular complexity index is 1450. The van der Waals surface area contributed by atoms with Crippen molar-refractivity contribution < 1.29 is 13.6 Å². The van der Waals surface area contributed by atoms with E-state index in [9.17, 15) is 18.4 Å². The Morgan fingerprint density at radius 3 is 2.83 bits per heavy atom. The van der Waals surface area contributed by atoms with E-state index in [1.165, 1.54) is 30.0 Å². The number of benzene rings is 2. The molecule has 3 heterocycles. The maximum absolute atomic E-state index is 14.8. The van der Waals surface area contributed by atoms with Gasteiger partial charge in [0, 0.05) is 65.2 Å². The minimum Gasteiger partial charge on any atom is -0.349 e. The molecule has 0 saturated carbocycles. The molecule has 36 heavy (non-hydrogen) atoms. The number of carbonyl (C=O) groups excluding carboxylic acids is 1. The molecule has 0 radical (unpaired) electrons. The van der Waals surface area contributed by atoms with Gasteiger partial charge in [0.2, 0.25) is 5.91 Å². The lowest BCUT2D eigenvalue weighted by molar-refractivity contribution is -0.126. The van der Waals surface area contributed by atoms with Gasteiger partial charge in [0.25, 0.3) is 0 Å². The number of aryl methyl sites for hydroxylation is 1. The molecule has 1 fully saturated rings. The van der Waals surface area contributed by atoms with Gasteiger partial charge in [0.15, 0.2) is 0 Å². The van der Waals surface area contributed by atoms with Crippen LogP contribution < -0.4 is 10.6 Å². The summed E-state index contributed by atoms with van der Waals surface area (Å²) in [4.78, 5) is 34.5. The van der Waals surface area contributed by atoms with E-state index in [1.54, 1.807) is 27.3 Å². The molecule has 3 aromatic rings. The van der Waals surface area contributed by atoms with E-state index in [0.717, 1.165) is 11.8 Å². The van der Waals surface area contributed by atoms with Crippen molar-refractivity contribution in [1.29, 1.82) is 0 Å². The summed E-state index contributed by atoms with van der Waals surface area (Å²) in [6.45, 7) is 5.49. The second kappa shape index (κ2) is 10.1. The largest absolute Gasteiger partial charge is 0.350 e. The van der Waals surface area contributed by atoms with Crippen LogP contribution in [0.15, 0.2) is 46.6 Å². The van der Waals surface area contributed by atoms with Crippen LogP contribution in [0.25, 0.3) is 22.0 Å². The fourth-order valence-corrected chi connectivity index (χ4v) is 7.14. The molecule has 0 spiro atoms. The first-order valence-electron chi connectivity index (χ1n) is 11.4. The first kappa shape index (κ1) is 25.1. The number of hydrogen-bond donors (Lipinski definition) is 0. The zero-order chi connectivity index (χ0) is 25.6. The number of amides is 1. The first-order valence-corrected chi connectivity index (χ1v) is 14.1. The molecule has 11 heteroatoms. The van der Waals surface area contributed by atoms with E-state index >= 15 is 0 Å². The topological polar surface area (TPSA) is 58.4 Å². The van der Waals surface area contributed by atoms with E-state index < -0.39 is 11.6 Å². The molecule has 0 N–H and O–H groups in total. The molecule has 1 atom stereocenters. The van der Waals surface area contributed by atoms with Crippen molar-refractivity contribution in [2.75, 3.05) is 42.3 Å². The van der Waals surface area contributed by atoms with Gasteiger partial charge in [-0.1, -0.05) is 18.2 Å². The second-order valence-electron chi connectivity index (χ2n) is 8.59. The third-order valence-electron chi connectivity index (χ3n) is 6.51. The van der Waals surface area contributed by atoms with Crippen molar-refractivity contribution in [2.45, 2.75) is 17.5 Å². The maximum atomic E-state index is 14.8. The number of thioether (sulfide) groups is 2. The fourth-order valence-electron chi connectivity index (χ4n) is 4.91. The van der Waals surface area contributed by atoms with E-state index in [1.807, 2.05) is 6.26 Å². The molecule has 0 aliphatic carbocycles. The van der Waals surface area contributed by atoms with Gasteiger partial charge in [-0.05, 0) is 30.5 Å². The van der Waals surface area contributed by atoms with Crippen LogP contribution in [0.1, 0.15) is 0 Å². The van der Waals surface area contributed by atoms with Gasteiger partial charge in [-0.2, -0.15) is 16.7 Å². The minimum absolute atomic E-state index is 0.0735. The number of aromatic nitrogens is 2. The van der Waals surface area contributed by atoms with Crippen molar-refractivity contribution in [3.8, 4) is 11.1 Å². The van der Waals surface area contributed by atoms with Crippen molar-refractivity contribution >= 4 is 57.8 Å². The Morgan fingerprint density at radius 1 is 1.31 bits per heavy atom. The maximum Gasteiger partial charge on any atom is 0.350 e. The van der Waals surface area contributed by atoms with E-state index in [4.69, 9.17) is 11.6 Å². The molecule has 2 aliphatic rings. The molecule has 1 amide bonds. The number of piperazine rings is 1. The smallest absolute Gasteiger partial charge is 0.349 e. The van der Waals surface area contributed by atoms with Crippen molar-refractivity contribution in [1.82, 2.24) is 14.5 Å². The summed E-state index contributed by atoms with van der Waals surface area (Å²) < 4.78 is 30.1.